The molecule has 0 fully saturated rings. The number of aromatic hydroxyl groups is 1. The molecule has 282 valence electrons. The second-order valence-corrected chi connectivity index (χ2v) is 23.3. The lowest BCUT2D eigenvalue weighted by atomic mass is 9.95. The number of ether oxygens (including phenoxy) is 3. The Bertz CT molecular complexity index is 2120. The average Bonchev–Trinajstić information content (AvgIpc) is 3.41. The fraction of sp³-hybridized carbons (Fsp3) is 0.375. The van der Waals surface area contributed by atoms with E-state index in [1.165, 1.54) is 17.7 Å². The average molecular weight is 861 g/mol. The molecule has 0 aliphatic carbocycles. The molecule has 0 aliphatic heterocycles. The molecule has 0 spiro atoms. The minimum absolute atomic E-state index is 0.0363. The zero-order valence-corrected chi connectivity index (χ0v) is 36.5. The molecule has 0 amide bonds. The maximum atomic E-state index is 14.1. The molecule has 0 radical (unpaired) electrons. The maximum Gasteiger partial charge on any atom is 0.348 e. The number of carbonyl (C=O) groups excluding carboxylic acids is 1. The van der Waals surface area contributed by atoms with Crippen molar-refractivity contribution < 1.29 is 28.5 Å². The van der Waals surface area contributed by atoms with Crippen LogP contribution < -0.4 is 13.9 Å². The van der Waals surface area contributed by atoms with Crippen molar-refractivity contribution in [1.29, 1.82) is 0 Å². The van der Waals surface area contributed by atoms with Gasteiger partial charge in [0.2, 0.25) is 20.3 Å². The molecule has 1 atom stereocenters. The van der Waals surface area contributed by atoms with E-state index in [2.05, 4.69) is 59.8 Å². The summed E-state index contributed by atoms with van der Waals surface area (Å²) in [7, 11) is -2.22. The van der Waals surface area contributed by atoms with Crippen LogP contribution in [0.25, 0.3) is 21.3 Å². The Morgan fingerprint density at radius 1 is 0.962 bits per heavy atom. The van der Waals surface area contributed by atoms with Gasteiger partial charge in [-0.15, -0.1) is 11.3 Å². The van der Waals surface area contributed by atoms with E-state index in [0.717, 1.165) is 9.35 Å². The highest BCUT2D eigenvalue weighted by Gasteiger charge is 2.39. The van der Waals surface area contributed by atoms with E-state index in [9.17, 15) is 9.90 Å². The van der Waals surface area contributed by atoms with Crippen LogP contribution in [0.1, 0.15) is 63.8 Å². The third-order valence-corrected chi connectivity index (χ3v) is 16.3. The summed E-state index contributed by atoms with van der Waals surface area (Å²) in [5, 5.41) is 11.4. The number of carbonyl (C=O) groups is 1. The molecule has 5 aromatic rings. The SMILES string of the molecule is Cc1c(Cl)c(O)c(Cl)c(C)c1-c1c(Br)sc2ncnc(O[C@H](Cc3cc(O[Si](C)(C)C(C)(C)C)ccc3OCc3ccccc3)C(=O)OC(C)(C)C)c12. The summed E-state index contributed by atoms with van der Waals surface area (Å²) in [5.74, 6) is 0.669. The van der Waals surface area contributed by atoms with Gasteiger partial charge in [-0.05, 0) is 109 Å². The second kappa shape index (κ2) is 15.8. The van der Waals surface area contributed by atoms with Gasteiger partial charge in [-0.25, -0.2) is 14.8 Å². The van der Waals surface area contributed by atoms with E-state index in [0.29, 0.717) is 56.1 Å². The Morgan fingerprint density at radius 2 is 1.60 bits per heavy atom. The van der Waals surface area contributed by atoms with E-state index < -0.39 is 26.0 Å². The van der Waals surface area contributed by atoms with E-state index in [4.69, 9.17) is 41.8 Å². The van der Waals surface area contributed by atoms with Crippen molar-refractivity contribution in [3.05, 3.63) is 90.9 Å². The number of rotatable bonds is 11. The second-order valence-electron chi connectivity index (χ2n) is 15.5. The van der Waals surface area contributed by atoms with Crippen LogP contribution in [0.4, 0.5) is 0 Å². The van der Waals surface area contributed by atoms with Gasteiger partial charge in [-0.2, -0.15) is 0 Å². The Morgan fingerprint density at radius 3 is 2.21 bits per heavy atom. The molecule has 0 saturated heterocycles. The van der Waals surface area contributed by atoms with Gasteiger partial charge in [0.1, 0.15) is 34.9 Å². The summed E-state index contributed by atoms with van der Waals surface area (Å²) >= 11 is 18.2. The molecule has 3 aromatic carbocycles. The number of fused-ring (bicyclic) bond motifs is 1. The van der Waals surface area contributed by atoms with Crippen LogP contribution in [0.5, 0.6) is 23.1 Å². The van der Waals surface area contributed by atoms with Gasteiger partial charge >= 0.3 is 5.97 Å². The fourth-order valence-electron chi connectivity index (χ4n) is 5.50. The largest absolute Gasteiger partial charge is 0.543 e. The third-order valence-electron chi connectivity index (χ3n) is 9.26. The predicted octanol–water partition coefficient (Wildman–Crippen LogP) is 12.0. The minimum Gasteiger partial charge on any atom is -0.543 e. The van der Waals surface area contributed by atoms with Crippen molar-refractivity contribution >= 4 is 75.0 Å². The Balaban J connectivity index is 1.64. The zero-order valence-electron chi connectivity index (χ0n) is 31.6. The van der Waals surface area contributed by atoms with Gasteiger partial charge in [-0.1, -0.05) is 74.3 Å². The summed E-state index contributed by atoms with van der Waals surface area (Å²) < 4.78 is 26.4. The molecule has 0 saturated carbocycles. The molecular weight excluding hydrogens is 815 g/mol. The van der Waals surface area contributed by atoms with Crippen LogP contribution in [0.3, 0.4) is 0 Å². The molecule has 0 unspecified atom stereocenters. The zero-order chi connectivity index (χ0) is 39.0. The molecule has 1 N–H and O–H groups in total. The number of aromatic nitrogens is 2. The van der Waals surface area contributed by atoms with Crippen LogP contribution in [-0.4, -0.2) is 41.1 Å². The molecule has 0 bridgehead atoms. The number of hydrogen-bond acceptors (Lipinski definition) is 9. The molecule has 8 nitrogen and oxygen atoms in total. The molecule has 5 rings (SSSR count). The topological polar surface area (TPSA) is 100 Å². The lowest BCUT2D eigenvalue weighted by Gasteiger charge is -2.36. The van der Waals surface area contributed by atoms with E-state index in [1.54, 1.807) is 13.8 Å². The Kier molecular flexibility index (Phi) is 12.2. The van der Waals surface area contributed by atoms with Crippen LogP contribution in [0, 0.1) is 13.8 Å². The van der Waals surface area contributed by atoms with Crippen molar-refractivity contribution in [2.45, 2.75) is 98.3 Å². The number of benzene rings is 3. The first-order valence-corrected chi connectivity index (χ1v) is 22.4. The number of phenols is 1. The molecule has 0 aliphatic rings. The fourth-order valence-corrected chi connectivity index (χ4v) is 8.67. The summed E-state index contributed by atoms with van der Waals surface area (Å²) in [4.78, 5) is 23.8. The van der Waals surface area contributed by atoms with Crippen LogP contribution in [0.2, 0.25) is 28.2 Å². The molecule has 2 aromatic heterocycles. The van der Waals surface area contributed by atoms with Gasteiger partial charge in [0.15, 0.2) is 5.75 Å². The van der Waals surface area contributed by atoms with Gasteiger partial charge in [-0.3, -0.25) is 0 Å². The molecular formula is C40H45BrCl2N2O6SSi. The van der Waals surface area contributed by atoms with E-state index >= 15 is 0 Å². The maximum absolute atomic E-state index is 14.1. The Labute approximate surface area is 335 Å². The quantitative estimate of drug-likeness (QED) is 0.104. The smallest absolute Gasteiger partial charge is 0.348 e. The summed E-state index contributed by atoms with van der Waals surface area (Å²) in [6.45, 7) is 20.3. The molecule has 53 heavy (non-hydrogen) atoms. The van der Waals surface area contributed by atoms with Gasteiger partial charge in [0.05, 0.1) is 19.2 Å². The van der Waals surface area contributed by atoms with Crippen molar-refractivity contribution in [3.8, 4) is 34.3 Å². The lowest BCUT2D eigenvalue weighted by Crippen LogP contribution is -2.43. The normalized spacial score (nSPS) is 12.8. The van der Waals surface area contributed by atoms with Crippen molar-refractivity contribution in [2.75, 3.05) is 0 Å². The highest BCUT2D eigenvalue weighted by molar-refractivity contribution is 9.11. The number of hydrogen-bond donors (Lipinski definition) is 1. The van der Waals surface area contributed by atoms with E-state index in [-0.39, 0.29) is 33.1 Å². The van der Waals surface area contributed by atoms with Gasteiger partial charge in [0.25, 0.3) is 0 Å². The first kappa shape index (κ1) is 40.8. The third kappa shape index (κ3) is 9.13. The summed E-state index contributed by atoms with van der Waals surface area (Å²) in [5.41, 5.74) is 3.50. The number of phenolic OH excluding ortho intramolecular Hbond substituents is 1. The standard InChI is InChI=1S/C40H45BrCl2N2O6SSi/c1-22-29(23(2)33(43)34(46)32(22)42)30-31-36(44-21-45-37(31)52-35(30)41)49-28(38(47)50-39(3,4)5)19-25-18-26(51-53(9,10)40(6,7)8)16-17-27(25)48-20-24-14-12-11-13-15-24/h11-18,21,28,46H,19-20H2,1-10H3/t28-/m1/s1. The molecule has 13 heteroatoms. The van der Waals surface area contributed by atoms with Crippen molar-refractivity contribution in [1.82, 2.24) is 9.97 Å². The van der Waals surface area contributed by atoms with Crippen LogP contribution >= 0.6 is 50.5 Å². The van der Waals surface area contributed by atoms with Crippen molar-refractivity contribution in [3.63, 3.8) is 0 Å². The Hall–Kier alpha value is -3.35. The monoisotopic (exact) mass is 858 g/mol. The highest BCUT2D eigenvalue weighted by Crippen LogP contribution is 2.51. The van der Waals surface area contributed by atoms with Gasteiger partial charge in [0, 0.05) is 17.5 Å². The number of nitrogens with zero attached hydrogens (tertiary/aromatic N) is 2. The summed E-state index contributed by atoms with van der Waals surface area (Å²) in [6, 6.07) is 15.6. The first-order chi connectivity index (χ1) is 24.7. The first-order valence-electron chi connectivity index (χ1n) is 17.2. The molecule has 2 heterocycles. The summed E-state index contributed by atoms with van der Waals surface area (Å²) in [6.07, 6.45) is 0.319. The number of halogens is 3. The number of esters is 1. The minimum atomic E-state index is -2.22. The van der Waals surface area contributed by atoms with E-state index in [1.807, 2.05) is 69.3 Å². The van der Waals surface area contributed by atoms with Crippen LogP contribution in [-0.2, 0) is 22.6 Å². The van der Waals surface area contributed by atoms with Crippen molar-refractivity contribution in [2.24, 2.45) is 0 Å². The lowest BCUT2D eigenvalue weighted by molar-refractivity contribution is -0.163. The van der Waals surface area contributed by atoms with Crippen LogP contribution in [0.15, 0.2) is 58.6 Å². The van der Waals surface area contributed by atoms with Gasteiger partial charge < -0.3 is 23.7 Å². The predicted molar refractivity (Wildman–Crippen MR) is 221 cm³/mol. The number of thiophene rings is 1. The highest BCUT2D eigenvalue weighted by atomic mass is 79.9.